The van der Waals surface area contributed by atoms with Crippen LogP contribution in [0.5, 0.6) is 0 Å². The van der Waals surface area contributed by atoms with E-state index in [-0.39, 0.29) is 5.92 Å². The molecule has 2 unspecified atom stereocenters. The molecular formula is C10H18FNO2. The van der Waals surface area contributed by atoms with Gasteiger partial charge in [0.05, 0.1) is 0 Å². The van der Waals surface area contributed by atoms with Crippen molar-refractivity contribution in [2.24, 2.45) is 5.92 Å². The van der Waals surface area contributed by atoms with Crippen LogP contribution in [-0.2, 0) is 4.79 Å². The third kappa shape index (κ3) is 2.94. The number of hydrogen-bond donors (Lipinski definition) is 1. The number of likely N-dealkylation sites (tertiary alicyclic amines) is 1. The fraction of sp³-hybridized carbons (Fsp3) is 0.900. The largest absolute Gasteiger partial charge is 0.479 e. The molecule has 14 heavy (non-hydrogen) atoms. The number of rotatable bonds is 3. The van der Waals surface area contributed by atoms with Gasteiger partial charge >= 0.3 is 5.97 Å². The lowest BCUT2D eigenvalue weighted by molar-refractivity contribution is -0.145. The van der Waals surface area contributed by atoms with Crippen LogP contribution in [0.25, 0.3) is 0 Å². The molecule has 0 amide bonds. The van der Waals surface area contributed by atoms with E-state index in [1.807, 2.05) is 0 Å². The number of aliphatic carboxylic acids is 1. The van der Waals surface area contributed by atoms with E-state index in [0.717, 1.165) is 26.1 Å². The molecule has 0 aliphatic carbocycles. The Morgan fingerprint density at radius 3 is 2.86 bits per heavy atom. The van der Waals surface area contributed by atoms with Crippen LogP contribution in [0.4, 0.5) is 4.39 Å². The number of nitrogens with zero attached hydrogens (tertiary/aromatic N) is 1. The Bertz CT molecular complexity index is 199. The second-order valence-corrected chi connectivity index (χ2v) is 3.87. The van der Waals surface area contributed by atoms with Crippen LogP contribution in [-0.4, -0.2) is 41.8 Å². The Morgan fingerprint density at radius 2 is 2.29 bits per heavy atom. The van der Waals surface area contributed by atoms with Crippen molar-refractivity contribution in [2.45, 2.75) is 32.4 Å². The first-order valence-electron chi connectivity index (χ1n) is 5.24. The number of carbonyl (C=O) groups is 1. The van der Waals surface area contributed by atoms with E-state index in [0.29, 0.717) is 12.8 Å². The number of hydrogen-bond acceptors (Lipinski definition) is 2. The Labute approximate surface area is 83.9 Å². The highest BCUT2D eigenvalue weighted by molar-refractivity contribution is 5.72. The minimum atomic E-state index is -1.67. The summed E-state index contributed by atoms with van der Waals surface area (Å²) in [4.78, 5) is 12.7. The zero-order valence-electron chi connectivity index (χ0n) is 8.58. The molecule has 1 N–H and O–H groups in total. The van der Waals surface area contributed by atoms with Crippen molar-refractivity contribution in [3.63, 3.8) is 0 Å². The number of carboxylic acid groups (broad SMARTS) is 1. The summed E-state index contributed by atoms with van der Waals surface area (Å²) >= 11 is 0. The van der Waals surface area contributed by atoms with Gasteiger partial charge < -0.3 is 10.0 Å². The minimum absolute atomic E-state index is 0.288. The van der Waals surface area contributed by atoms with Gasteiger partial charge in [-0.1, -0.05) is 6.92 Å². The summed E-state index contributed by atoms with van der Waals surface area (Å²) in [5.41, 5.74) is 0. The normalized spacial score (nSPS) is 26.9. The van der Waals surface area contributed by atoms with Crippen molar-refractivity contribution in [3.8, 4) is 0 Å². The smallest absolute Gasteiger partial charge is 0.338 e. The molecule has 1 heterocycles. The first kappa shape index (κ1) is 11.4. The van der Waals surface area contributed by atoms with E-state index in [1.54, 1.807) is 0 Å². The van der Waals surface area contributed by atoms with E-state index in [4.69, 9.17) is 5.11 Å². The molecule has 1 saturated heterocycles. The lowest BCUT2D eigenvalue weighted by atomic mass is 9.95. The van der Waals surface area contributed by atoms with Crippen molar-refractivity contribution in [3.05, 3.63) is 0 Å². The van der Waals surface area contributed by atoms with E-state index in [9.17, 15) is 9.18 Å². The predicted octanol–water partition coefficient (Wildman–Crippen LogP) is 1.53. The molecule has 0 saturated carbocycles. The Kier molecular flexibility index (Phi) is 4.32. The Balaban J connectivity index is 2.45. The predicted molar refractivity (Wildman–Crippen MR) is 52.0 cm³/mol. The van der Waals surface area contributed by atoms with Crippen LogP contribution < -0.4 is 0 Å². The molecule has 2 atom stereocenters. The number of alkyl halides is 1. The maximum Gasteiger partial charge on any atom is 0.338 e. The molecule has 82 valence electrons. The molecule has 0 bridgehead atoms. The topological polar surface area (TPSA) is 40.5 Å². The van der Waals surface area contributed by atoms with Gasteiger partial charge in [-0.3, -0.25) is 0 Å². The molecular weight excluding hydrogens is 185 g/mol. The van der Waals surface area contributed by atoms with Crippen molar-refractivity contribution in [2.75, 3.05) is 19.6 Å². The number of halogens is 1. The zero-order chi connectivity index (χ0) is 10.6. The maximum atomic E-state index is 13.2. The zero-order valence-corrected chi connectivity index (χ0v) is 8.58. The van der Waals surface area contributed by atoms with Crippen LogP contribution in [0.1, 0.15) is 26.2 Å². The van der Waals surface area contributed by atoms with Crippen molar-refractivity contribution in [1.29, 1.82) is 0 Å². The third-order valence-electron chi connectivity index (χ3n) is 2.96. The summed E-state index contributed by atoms with van der Waals surface area (Å²) in [5, 5.41) is 8.56. The van der Waals surface area contributed by atoms with Crippen LogP contribution in [0.2, 0.25) is 0 Å². The molecule has 0 spiro atoms. The highest BCUT2D eigenvalue weighted by Crippen LogP contribution is 2.22. The van der Waals surface area contributed by atoms with E-state index in [2.05, 4.69) is 11.8 Å². The van der Waals surface area contributed by atoms with Gasteiger partial charge in [0.15, 0.2) is 6.17 Å². The molecule has 4 heteroatoms. The van der Waals surface area contributed by atoms with Crippen LogP contribution >= 0.6 is 0 Å². The third-order valence-corrected chi connectivity index (χ3v) is 2.96. The van der Waals surface area contributed by atoms with Gasteiger partial charge in [-0.05, 0) is 38.9 Å². The second kappa shape index (κ2) is 5.29. The maximum absolute atomic E-state index is 13.2. The summed E-state index contributed by atoms with van der Waals surface area (Å²) in [7, 11) is 0. The van der Waals surface area contributed by atoms with Crippen molar-refractivity contribution < 1.29 is 14.3 Å². The van der Waals surface area contributed by atoms with Gasteiger partial charge in [-0.2, -0.15) is 0 Å². The first-order valence-corrected chi connectivity index (χ1v) is 5.24. The molecule has 1 fully saturated rings. The van der Waals surface area contributed by atoms with Crippen LogP contribution in [0.15, 0.2) is 0 Å². The first-order chi connectivity index (χ1) is 6.65. The summed E-state index contributed by atoms with van der Waals surface area (Å²) in [6.07, 6.45) is 0.601. The molecule has 1 rings (SSSR count). The summed E-state index contributed by atoms with van der Waals surface area (Å²) in [5.74, 6) is -1.59. The second-order valence-electron chi connectivity index (χ2n) is 3.87. The van der Waals surface area contributed by atoms with Crippen molar-refractivity contribution in [1.82, 2.24) is 4.90 Å². The summed E-state index contributed by atoms with van der Waals surface area (Å²) in [6, 6.07) is 0. The van der Waals surface area contributed by atoms with E-state index < -0.39 is 12.1 Å². The van der Waals surface area contributed by atoms with Crippen LogP contribution in [0, 0.1) is 5.92 Å². The standard InChI is InChI=1S/C10H18FNO2/c1-2-12-6-3-4-8(5-7-12)9(11)10(13)14/h8-9H,2-7H2,1H3,(H,13,14). The molecule has 0 aromatic rings. The monoisotopic (exact) mass is 203 g/mol. The molecule has 3 nitrogen and oxygen atoms in total. The fourth-order valence-corrected chi connectivity index (χ4v) is 1.99. The van der Waals surface area contributed by atoms with E-state index >= 15 is 0 Å². The van der Waals surface area contributed by atoms with E-state index in [1.165, 1.54) is 0 Å². The lowest BCUT2D eigenvalue weighted by Gasteiger charge is -2.18. The summed E-state index contributed by atoms with van der Waals surface area (Å²) < 4.78 is 13.2. The molecule has 0 aromatic heterocycles. The van der Waals surface area contributed by atoms with Gasteiger partial charge in [0.2, 0.25) is 0 Å². The average molecular weight is 203 g/mol. The number of carboxylic acids is 1. The van der Waals surface area contributed by atoms with Crippen molar-refractivity contribution >= 4 is 5.97 Å². The highest BCUT2D eigenvalue weighted by Gasteiger charge is 2.29. The molecule has 1 aliphatic rings. The minimum Gasteiger partial charge on any atom is -0.479 e. The quantitative estimate of drug-likeness (QED) is 0.756. The van der Waals surface area contributed by atoms with Gasteiger partial charge in [0.25, 0.3) is 0 Å². The SMILES string of the molecule is CCN1CCCC(C(F)C(=O)O)CC1. The van der Waals surface area contributed by atoms with Gasteiger partial charge in [-0.15, -0.1) is 0 Å². The van der Waals surface area contributed by atoms with Gasteiger partial charge in [0, 0.05) is 5.92 Å². The Hall–Kier alpha value is -0.640. The fourth-order valence-electron chi connectivity index (χ4n) is 1.99. The van der Waals surface area contributed by atoms with Gasteiger partial charge in [-0.25, -0.2) is 9.18 Å². The molecule has 0 aromatic carbocycles. The molecule has 1 aliphatic heterocycles. The lowest BCUT2D eigenvalue weighted by Crippen LogP contribution is -2.27. The van der Waals surface area contributed by atoms with Gasteiger partial charge in [0.1, 0.15) is 0 Å². The van der Waals surface area contributed by atoms with Crippen LogP contribution in [0.3, 0.4) is 0 Å². The summed E-state index contributed by atoms with van der Waals surface area (Å²) in [6.45, 7) is 4.84. The highest BCUT2D eigenvalue weighted by atomic mass is 19.1. The molecule has 0 radical (unpaired) electrons. The Morgan fingerprint density at radius 1 is 1.57 bits per heavy atom. The average Bonchev–Trinajstić information content (AvgIpc) is 2.41.